The quantitative estimate of drug-likeness (QED) is 0.839. The van der Waals surface area contributed by atoms with Crippen LogP contribution in [0.3, 0.4) is 0 Å². The fourth-order valence-corrected chi connectivity index (χ4v) is 3.16. The van der Waals surface area contributed by atoms with Gasteiger partial charge in [-0.15, -0.1) is 0 Å². The normalized spacial score (nSPS) is 15.8. The van der Waals surface area contributed by atoms with Crippen LogP contribution in [0.2, 0.25) is 0 Å². The van der Waals surface area contributed by atoms with Gasteiger partial charge in [0.15, 0.2) is 9.84 Å². The van der Waals surface area contributed by atoms with Crippen molar-refractivity contribution in [1.82, 2.24) is 10.3 Å². The highest BCUT2D eigenvalue weighted by molar-refractivity contribution is 7.92. The lowest BCUT2D eigenvalue weighted by Gasteiger charge is -2.37. The van der Waals surface area contributed by atoms with Crippen molar-refractivity contribution in [2.45, 2.75) is 50.8 Å². The van der Waals surface area contributed by atoms with Crippen molar-refractivity contribution in [1.29, 1.82) is 0 Å². The average molecular weight is 298 g/mol. The number of nitrogens with zero attached hydrogens (tertiary/aromatic N) is 1. The number of rotatable bonds is 7. The molecule has 0 aromatic carbocycles. The Balaban J connectivity index is 3.13. The molecule has 1 aromatic heterocycles. The molecule has 1 heterocycles. The van der Waals surface area contributed by atoms with Gasteiger partial charge in [-0.2, -0.15) is 0 Å². The second kappa shape index (κ2) is 6.68. The van der Waals surface area contributed by atoms with Gasteiger partial charge in [0.05, 0.1) is 4.75 Å². The zero-order valence-electron chi connectivity index (χ0n) is 13.1. The molecule has 2 unspecified atom stereocenters. The molecule has 1 rings (SSSR count). The summed E-state index contributed by atoms with van der Waals surface area (Å²) in [6, 6.07) is 3.76. The van der Waals surface area contributed by atoms with E-state index in [1.54, 1.807) is 26.2 Å². The van der Waals surface area contributed by atoms with E-state index in [-0.39, 0.29) is 12.0 Å². The smallest absolute Gasteiger partial charge is 0.154 e. The lowest BCUT2D eigenvalue weighted by molar-refractivity contribution is 0.365. The van der Waals surface area contributed by atoms with Crippen LogP contribution in [0.25, 0.3) is 0 Å². The molecule has 1 N–H and O–H groups in total. The zero-order valence-corrected chi connectivity index (χ0v) is 13.9. The molecular weight excluding hydrogens is 272 g/mol. The zero-order chi connectivity index (χ0) is 15.4. The van der Waals surface area contributed by atoms with Gasteiger partial charge in [0, 0.05) is 24.7 Å². The van der Waals surface area contributed by atoms with Crippen LogP contribution in [0.4, 0.5) is 0 Å². The fourth-order valence-electron chi connectivity index (χ4n) is 2.41. The summed E-state index contributed by atoms with van der Waals surface area (Å²) in [4.78, 5) is 4.02. The highest BCUT2D eigenvalue weighted by Gasteiger charge is 2.41. The van der Waals surface area contributed by atoms with Crippen molar-refractivity contribution in [3.8, 4) is 0 Å². The van der Waals surface area contributed by atoms with Crippen molar-refractivity contribution < 1.29 is 8.42 Å². The Morgan fingerprint density at radius 1 is 1.30 bits per heavy atom. The number of pyridine rings is 1. The predicted molar refractivity (Wildman–Crippen MR) is 83.7 cm³/mol. The summed E-state index contributed by atoms with van der Waals surface area (Å²) in [5.41, 5.74) is 1.10. The summed E-state index contributed by atoms with van der Waals surface area (Å²) in [5.74, 6) is 0.0919. The third-order valence-corrected chi connectivity index (χ3v) is 6.22. The van der Waals surface area contributed by atoms with E-state index in [0.717, 1.165) is 18.5 Å². The average Bonchev–Trinajstić information content (AvgIpc) is 2.38. The van der Waals surface area contributed by atoms with Crippen LogP contribution in [-0.2, 0) is 9.84 Å². The standard InChI is InChI=1S/C15H26N2O2S/c1-6-9-17-14(15(3,4)20(5,18)19)12(2)13-7-10-16-11-8-13/h7-8,10-12,14,17H,6,9H2,1-5H3. The van der Waals surface area contributed by atoms with Crippen molar-refractivity contribution in [2.75, 3.05) is 12.8 Å². The highest BCUT2D eigenvalue weighted by atomic mass is 32.2. The topological polar surface area (TPSA) is 59.1 Å². The van der Waals surface area contributed by atoms with Crippen molar-refractivity contribution in [3.05, 3.63) is 30.1 Å². The van der Waals surface area contributed by atoms with Crippen molar-refractivity contribution >= 4 is 9.84 Å². The number of hydrogen-bond donors (Lipinski definition) is 1. The van der Waals surface area contributed by atoms with Crippen LogP contribution >= 0.6 is 0 Å². The van der Waals surface area contributed by atoms with Gasteiger partial charge in [-0.1, -0.05) is 13.8 Å². The van der Waals surface area contributed by atoms with Crippen LogP contribution in [-0.4, -0.2) is 37.0 Å². The van der Waals surface area contributed by atoms with Crippen molar-refractivity contribution in [3.63, 3.8) is 0 Å². The first-order chi connectivity index (χ1) is 9.21. The maximum Gasteiger partial charge on any atom is 0.154 e. The summed E-state index contributed by atoms with van der Waals surface area (Å²) in [6.45, 7) is 8.55. The van der Waals surface area contributed by atoms with E-state index in [2.05, 4.69) is 24.1 Å². The molecule has 5 heteroatoms. The number of nitrogens with one attached hydrogen (secondary N) is 1. The Labute approximate surface area is 122 Å². The number of hydrogen-bond acceptors (Lipinski definition) is 4. The maximum absolute atomic E-state index is 12.1. The molecule has 0 saturated carbocycles. The molecule has 0 aliphatic carbocycles. The van der Waals surface area contributed by atoms with Gasteiger partial charge in [0.1, 0.15) is 0 Å². The Morgan fingerprint density at radius 3 is 2.30 bits per heavy atom. The summed E-state index contributed by atoms with van der Waals surface area (Å²) in [7, 11) is -3.16. The summed E-state index contributed by atoms with van der Waals surface area (Å²) in [5, 5.41) is 3.41. The molecule has 4 nitrogen and oxygen atoms in total. The molecule has 20 heavy (non-hydrogen) atoms. The fraction of sp³-hybridized carbons (Fsp3) is 0.667. The number of sulfone groups is 1. The molecular formula is C15H26N2O2S. The van der Waals surface area contributed by atoms with Gasteiger partial charge < -0.3 is 5.32 Å². The van der Waals surface area contributed by atoms with Gasteiger partial charge in [0.25, 0.3) is 0 Å². The maximum atomic E-state index is 12.1. The second-order valence-corrected chi connectivity index (χ2v) is 8.47. The van der Waals surface area contributed by atoms with E-state index >= 15 is 0 Å². The van der Waals surface area contributed by atoms with Crippen LogP contribution in [0.5, 0.6) is 0 Å². The minimum Gasteiger partial charge on any atom is -0.312 e. The van der Waals surface area contributed by atoms with Crippen LogP contribution in [0.1, 0.15) is 45.6 Å². The second-order valence-electron chi connectivity index (χ2n) is 5.88. The molecule has 114 valence electrons. The predicted octanol–water partition coefficient (Wildman–Crippen LogP) is 2.38. The third-order valence-electron chi connectivity index (χ3n) is 4.05. The first-order valence-corrected chi connectivity index (χ1v) is 8.93. The van der Waals surface area contributed by atoms with Crippen LogP contribution in [0.15, 0.2) is 24.5 Å². The first kappa shape index (κ1) is 17.1. The SMILES string of the molecule is CCCNC(C(C)c1ccncc1)C(C)(C)S(C)(=O)=O. The molecule has 0 spiro atoms. The Kier molecular flexibility index (Phi) is 5.71. The lowest BCUT2D eigenvalue weighted by atomic mass is 9.86. The summed E-state index contributed by atoms with van der Waals surface area (Å²) in [6.07, 6.45) is 5.78. The molecule has 0 fully saturated rings. The Hall–Kier alpha value is -0.940. The van der Waals surface area contributed by atoms with Gasteiger partial charge in [-0.05, 0) is 50.4 Å². The Bertz CT molecular complexity index is 512. The first-order valence-electron chi connectivity index (χ1n) is 7.04. The van der Waals surface area contributed by atoms with Crippen LogP contribution < -0.4 is 5.32 Å². The largest absolute Gasteiger partial charge is 0.312 e. The molecule has 2 atom stereocenters. The lowest BCUT2D eigenvalue weighted by Crippen LogP contribution is -2.54. The molecule has 0 bridgehead atoms. The van der Waals surface area contributed by atoms with Gasteiger partial charge >= 0.3 is 0 Å². The van der Waals surface area contributed by atoms with Gasteiger partial charge in [-0.25, -0.2) is 8.42 Å². The van der Waals surface area contributed by atoms with Gasteiger partial charge in [-0.3, -0.25) is 4.98 Å². The molecule has 0 amide bonds. The monoisotopic (exact) mass is 298 g/mol. The third kappa shape index (κ3) is 3.79. The van der Waals surface area contributed by atoms with E-state index in [1.807, 2.05) is 12.1 Å². The molecule has 0 saturated heterocycles. The van der Waals surface area contributed by atoms with Crippen LogP contribution in [0, 0.1) is 0 Å². The molecule has 0 aliphatic heterocycles. The van der Waals surface area contributed by atoms with Gasteiger partial charge in [0.2, 0.25) is 0 Å². The van der Waals surface area contributed by atoms with E-state index < -0.39 is 14.6 Å². The van der Waals surface area contributed by atoms with E-state index in [0.29, 0.717) is 0 Å². The highest BCUT2D eigenvalue weighted by Crippen LogP contribution is 2.31. The molecule has 0 aliphatic rings. The summed E-state index contributed by atoms with van der Waals surface area (Å²) >= 11 is 0. The summed E-state index contributed by atoms with van der Waals surface area (Å²) < 4.78 is 23.5. The molecule has 0 radical (unpaired) electrons. The van der Waals surface area contributed by atoms with Crippen molar-refractivity contribution in [2.24, 2.45) is 0 Å². The van der Waals surface area contributed by atoms with E-state index in [4.69, 9.17) is 0 Å². The number of aromatic nitrogens is 1. The van der Waals surface area contributed by atoms with E-state index in [1.165, 1.54) is 6.26 Å². The minimum atomic E-state index is -3.16. The molecule has 1 aromatic rings. The Morgan fingerprint density at radius 2 is 1.85 bits per heavy atom. The minimum absolute atomic E-state index is 0.0919. The van der Waals surface area contributed by atoms with E-state index in [9.17, 15) is 8.42 Å².